The van der Waals surface area contributed by atoms with Gasteiger partial charge >= 0.3 is 0 Å². The number of aryl methyl sites for hydroxylation is 1. The van der Waals surface area contributed by atoms with Gasteiger partial charge in [0.2, 0.25) is 0 Å². The van der Waals surface area contributed by atoms with Crippen molar-refractivity contribution in [2.24, 2.45) is 11.3 Å². The molecule has 3 heteroatoms. The fourth-order valence-corrected chi connectivity index (χ4v) is 2.97. The van der Waals surface area contributed by atoms with E-state index < -0.39 is 0 Å². The molecule has 0 saturated carbocycles. The lowest BCUT2D eigenvalue weighted by atomic mass is 9.81. The van der Waals surface area contributed by atoms with Crippen LogP contribution >= 0.6 is 11.3 Å². The van der Waals surface area contributed by atoms with Gasteiger partial charge in [-0.25, -0.2) is 0 Å². The summed E-state index contributed by atoms with van der Waals surface area (Å²) < 4.78 is 0. The number of aliphatic hydroxyl groups is 1. The lowest BCUT2D eigenvalue weighted by molar-refractivity contribution is 0.0135. The van der Waals surface area contributed by atoms with Crippen molar-refractivity contribution in [3.05, 3.63) is 21.9 Å². The first-order chi connectivity index (χ1) is 7.84. The van der Waals surface area contributed by atoms with E-state index in [0.717, 1.165) is 13.1 Å². The summed E-state index contributed by atoms with van der Waals surface area (Å²) in [4.78, 5) is 1.39. The molecule has 1 heterocycles. The molecule has 1 aromatic rings. The third-order valence-corrected chi connectivity index (χ3v) is 4.29. The lowest BCUT2D eigenvalue weighted by Crippen LogP contribution is -2.41. The monoisotopic (exact) mass is 255 g/mol. The van der Waals surface area contributed by atoms with E-state index in [0.29, 0.717) is 5.92 Å². The molecule has 1 rings (SSSR count). The molecule has 2 N–H and O–H groups in total. The van der Waals surface area contributed by atoms with Crippen molar-refractivity contribution in [3.63, 3.8) is 0 Å². The third kappa shape index (κ3) is 4.09. The Morgan fingerprint density at radius 1 is 1.41 bits per heavy atom. The van der Waals surface area contributed by atoms with Crippen LogP contribution in [0.1, 0.15) is 38.1 Å². The zero-order valence-electron chi connectivity index (χ0n) is 11.6. The van der Waals surface area contributed by atoms with Crippen LogP contribution in [0.2, 0.25) is 0 Å². The molecule has 0 aliphatic heterocycles. The molecule has 17 heavy (non-hydrogen) atoms. The molecule has 1 unspecified atom stereocenters. The molecule has 0 aliphatic carbocycles. The molecule has 98 valence electrons. The van der Waals surface area contributed by atoms with E-state index in [1.54, 1.807) is 11.3 Å². The Morgan fingerprint density at radius 2 is 2.06 bits per heavy atom. The van der Waals surface area contributed by atoms with Crippen molar-refractivity contribution in [3.8, 4) is 0 Å². The van der Waals surface area contributed by atoms with Crippen LogP contribution in [-0.2, 0) is 6.54 Å². The molecule has 0 bridgehead atoms. The van der Waals surface area contributed by atoms with Gasteiger partial charge < -0.3 is 10.4 Å². The Kier molecular flexibility index (Phi) is 5.17. The average molecular weight is 255 g/mol. The molecular weight excluding hydrogens is 230 g/mol. The Hall–Kier alpha value is -0.380. The summed E-state index contributed by atoms with van der Waals surface area (Å²) in [6.45, 7) is 12.2. The van der Waals surface area contributed by atoms with Gasteiger partial charge in [-0.15, -0.1) is 11.3 Å². The molecule has 1 atom stereocenters. The predicted octanol–water partition coefficient (Wildman–Crippen LogP) is 3.19. The summed E-state index contributed by atoms with van der Waals surface area (Å²) in [6.07, 6.45) is -0.264. The number of thiophene rings is 1. The van der Waals surface area contributed by atoms with Gasteiger partial charge in [-0.3, -0.25) is 0 Å². The minimum absolute atomic E-state index is 0.0840. The molecule has 2 nitrogen and oxygen atoms in total. The highest BCUT2D eigenvalue weighted by Gasteiger charge is 2.29. The second-order valence-corrected chi connectivity index (χ2v) is 6.81. The summed E-state index contributed by atoms with van der Waals surface area (Å²) in [7, 11) is 0. The van der Waals surface area contributed by atoms with E-state index in [9.17, 15) is 5.11 Å². The third-order valence-electron chi connectivity index (χ3n) is 3.27. The minimum atomic E-state index is -0.264. The first kappa shape index (κ1) is 14.7. The van der Waals surface area contributed by atoms with Gasteiger partial charge in [0.25, 0.3) is 0 Å². The fourth-order valence-electron chi connectivity index (χ4n) is 2.09. The van der Waals surface area contributed by atoms with Gasteiger partial charge in [-0.1, -0.05) is 27.7 Å². The van der Waals surface area contributed by atoms with Gasteiger partial charge in [0.05, 0.1) is 6.10 Å². The highest BCUT2D eigenvalue weighted by Crippen LogP contribution is 2.25. The number of rotatable bonds is 6. The van der Waals surface area contributed by atoms with Crippen molar-refractivity contribution >= 4 is 11.3 Å². The van der Waals surface area contributed by atoms with Crippen molar-refractivity contribution in [2.45, 2.75) is 47.3 Å². The Balaban J connectivity index is 2.43. The van der Waals surface area contributed by atoms with E-state index in [2.05, 4.69) is 51.4 Å². The first-order valence-electron chi connectivity index (χ1n) is 6.26. The van der Waals surface area contributed by atoms with Crippen molar-refractivity contribution < 1.29 is 5.11 Å². The summed E-state index contributed by atoms with van der Waals surface area (Å²) in [5.41, 5.74) is 1.27. The van der Waals surface area contributed by atoms with E-state index >= 15 is 0 Å². The second-order valence-electron chi connectivity index (χ2n) is 5.81. The molecule has 0 saturated heterocycles. The first-order valence-corrected chi connectivity index (χ1v) is 7.14. The summed E-state index contributed by atoms with van der Waals surface area (Å²) in [5.74, 6) is 0.301. The standard InChI is InChI=1S/C14H25NOS/c1-10(2)13(16)14(4,5)9-15-8-12-11(3)6-7-17-12/h6-7,10,13,15-16H,8-9H2,1-5H3. The highest BCUT2D eigenvalue weighted by atomic mass is 32.1. The van der Waals surface area contributed by atoms with Crippen LogP contribution in [-0.4, -0.2) is 17.8 Å². The smallest absolute Gasteiger partial charge is 0.0626 e. The van der Waals surface area contributed by atoms with Gasteiger partial charge in [0, 0.05) is 23.4 Å². The Morgan fingerprint density at radius 3 is 2.53 bits per heavy atom. The van der Waals surface area contributed by atoms with E-state index in [1.807, 2.05) is 0 Å². The van der Waals surface area contributed by atoms with Crippen molar-refractivity contribution in [1.82, 2.24) is 5.32 Å². The van der Waals surface area contributed by atoms with Crippen LogP contribution < -0.4 is 5.32 Å². The molecule has 0 aromatic carbocycles. The van der Waals surface area contributed by atoms with Crippen LogP contribution in [0.3, 0.4) is 0 Å². The van der Waals surface area contributed by atoms with E-state index in [1.165, 1.54) is 10.4 Å². The highest BCUT2D eigenvalue weighted by molar-refractivity contribution is 7.10. The number of hydrogen-bond donors (Lipinski definition) is 2. The topological polar surface area (TPSA) is 32.3 Å². The maximum atomic E-state index is 10.1. The fraction of sp³-hybridized carbons (Fsp3) is 0.714. The van der Waals surface area contributed by atoms with Crippen LogP contribution in [0.15, 0.2) is 11.4 Å². The Bertz CT molecular complexity index is 344. The number of hydrogen-bond acceptors (Lipinski definition) is 3. The van der Waals surface area contributed by atoms with E-state index in [4.69, 9.17) is 0 Å². The van der Waals surface area contributed by atoms with Gasteiger partial charge in [-0.2, -0.15) is 0 Å². The number of aliphatic hydroxyl groups excluding tert-OH is 1. The normalized spacial score (nSPS) is 14.3. The maximum absolute atomic E-state index is 10.1. The van der Waals surface area contributed by atoms with Gasteiger partial charge in [0.15, 0.2) is 0 Å². The van der Waals surface area contributed by atoms with Crippen molar-refractivity contribution in [1.29, 1.82) is 0 Å². The second kappa shape index (κ2) is 5.98. The molecule has 0 spiro atoms. The molecule has 0 fully saturated rings. The molecule has 0 radical (unpaired) electrons. The predicted molar refractivity (Wildman–Crippen MR) is 75.4 cm³/mol. The number of nitrogens with one attached hydrogen (secondary N) is 1. The minimum Gasteiger partial charge on any atom is -0.392 e. The quantitative estimate of drug-likeness (QED) is 0.818. The largest absolute Gasteiger partial charge is 0.392 e. The SMILES string of the molecule is Cc1ccsc1CNCC(C)(C)C(O)C(C)C. The van der Waals surface area contributed by atoms with Gasteiger partial charge in [-0.05, 0) is 29.9 Å². The van der Waals surface area contributed by atoms with Gasteiger partial charge in [0.1, 0.15) is 0 Å². The van der Waals surface area contributed by atoms with Crippen LogP contribution in [0.5, 0.6) is 0 Å². The lowest BCUT2D eigenvalue weighted by Gasteiger charge is -2.33. The molecular formula is C14H25NOS. The van der Waals surface area contributed by atoms with Crippen LogP contribution in [0.25, 0.3) is 0 Å². The van der Waals surface area contributed by atoms with E-state index in [-0.39, 0.29) is 11.5 Å². The molecule has 1 aromatic heterocycles. The van der Waals surface area contributed by atoms with Crippen LogP contribution in [0.4, 0.5) is 0 Å². The Labute approximate surface area is 109 Å². The average Bonchev–Trinajstić information content (AvgIpc) is 2.63. The maximum Gasteiger partial charge on any atom is 0.0626 e. The molecule has 0 aliphatic rings. The zero-order valence-corrected chi connectivity index (χ0v) is 12.4. The zero-order chi connectivity index (χ0) is 13.1. The summed E-state index contributed by atoms with van der Waals surface area (Å²) in [5, 5.41) is 15.7. The van der Waals surface area contributed by atoms with Crippen molar-refractivity contribution in [2.75, 3.05) is 6.54 Å². The summed E-state index contributed by atoms with van der Waals surface area (Å²) in [6, 6.07) is 2.15. The summed E-state index contributed by atoms with van der Waals surface area (Å²) >= 11 is 1.79. The molecule has 0 amide bonds. The van der Waals surface area contributed by atoms with Crippen LogP contribution in [0, 0.1) is 18.3 Å².